The largest absolute Gasteiger partial charge is 0.375 e. The molecule has 1 aliphatic heterocycles. The summed E-state index contributed by atoms with van der Waals surface area (Å²) >= 11 is 0. The average molecular weight is 500 g/mol. The van der Waals surface area contributed by atoms with Gasteiger partial charge in [0.25, 0.3) is 0 Å². The molecule has 0 radical (unpaired) electrons. The standard InChI is InChI=1S/C25H28F3N7O/c1-17-13-22(32-31-17)29-23-21-14-18(16-36-12-11-34-9-3-2-4-10-34)15-35(21)33-24(30-23)25(27,28)19-5-7-20(26)8-6-19/h5-8,13-15H,2-4,9-12,16H2,1H3,(H2,29,30,31,32,33). The summed E-state index contributed by atoms with van der Waals surface area (Å²) in [7, 11) is 0. The Bertz CT molecular complexity index is 1310. The maximum absolute atomic E-state index is 15.4. The molecule has 36 heavy (non-hydrogen) atoms. The minimum atomic E-state index is -3.55. The van der Waals surface area contributed by atoms with Crippen LogP contribution in [-0.4, -0.2) is 55.9 Å². The van der Waals surface area contributed by atoms with Gasteiger partial charge in [-0.2, -0.15) is 13.9 Å². The number of hydrogen-bond donors (Lipinski definition) is 2. The number of rotatable bonds is 9. The number of halogens is 3. The summed E-state index contributed by atoms with van der Waals surface area (Å²) in [4.78, 5) is 6.55. The first-order valence-electron chi connectivity index (χ1n) is 12.0. The van der Waals surface area contributed by atoms with Crippen LogP contribution in [0.4, 0.5) is 24.8 Å². The summed E-state index contributed by atoms with van der Waals surface area (Å²) < 4.78 is 51.3. The van der Waals surface area contributed by atoms with Crippen LogP contribution in [0.3, 0.4) is 0 Å². The molecule has 1 aliphatic rings. The van der Waals surface area contributed by atoms with E-state index in [0.29, 0.717) is 24.5 Å². The molecule has 4 heterocycles. The van der Waals surface area contributed by atoms with E-state index in [1.54, 1.807) is 12.3 Å². The van der Waals surface area contributed by atoms with E-state index in [0.717, 1.165) is 55.2 Å². The topological polar surface area (TPSA) is 83.4 Å². The number of benzene rings is 1. The van der Waals surface area contributed by atoms with Crippen molar-refractivity contribution in [3.63, 3.8) is 0 Å². The molecule has 0 bridgehead atoms. The number of piperidine rings is 1. The fourth-order valence-corrected chi connectivity index (χ4v) is 4.32. The van der Waals surface area contributed by atoms with Crippen LogP contribution in [0.25, 0.3) is 5.52 Å². The van der Waals surface area contributed by atoms with Crippen LogP contribution in [0.15, 0.2) is 42.6 Å². The summed E-state index contributed by atoms with van der Waals surface area (Å²) in [5.74, 6) is -4.26. The highest BCUT2D eigenvalue weighted by molar-refractivity contribution is 5.73. The number of aryl methyl sites for hydroxylation is 1. The van der Waals surface area contributed by atoms with E-state index in [-0.39, 0.29) is 5.82 Å². The lowest BCUT2D eigenvalue weighted by Gasteiger charge is -2.26. The fraction of sp³-hybridized carbons (Fsp3) is 0.400. The van der Waals surface area contributed by atoms with Gasteiger partial charge in [-0.3, -0.25) is 5.10 Å². The Hall–Kier alpha value is -3.44. The molecule has 0 spiro atoms. The minimum absolute atomic E-state index is 0.174. The van der Waals surface area contributed by atoms with Gasteiger partial charge in [0.2, 0.25) is 5.82 Å². The molecule has 0 unspecified atom stereocenters. The molecule has 2 N–H and O–H groups in total. The Morgan fingerprint density at radius 2 is 1.89 bits per heavy atom. The molecule has 8 nitrogen and oxygen atoms in total. The van der Waals surface area contributed by atoms with E-state index in [1.165, 1.54) is 23.8 Å². The van der Waals surface area contributed by atoms with Gasteiger partial charge in [0, 0.05) is 30.1 Å². The molecule has 3 aromatic heterocycles. The summed E-state index contributed by atoms with van der Waals surface area (Å²) in [5.41, 5.74) is 1.69. The van der Waals surface area contributed by atoms with E-state index in [2.05, 4.69) is 30.5 Å². The van der Waals surface area contributed by atoms with Gasteiger partial charge in [0.05, 0.1) is 13.2 Å². The number of nitrogens with one attached hydrogen (secondary N) is 2. The molecule has 0 aliphatic carbocycles. The first-order chi connectivity index (χ1) is 17.4. The number of nitrogens with zero attached hydrogens (tertiary/aromatic N) is 5. The highest BCUT2D eigenvalue weighted by atomic mass is 19.3. The second-order valence-corrected chi connectivity index (χ2v) is 9.06. The SMILES string of the molecule is Cc1cc(Nc2nc(C(F)(F)c3ccc(F)cc3)nn3cc(COCCN4CCCCC4)cc23)n[nH]1. The van der Waals surface area contributed by atoms with Gasteiger partial charge in [-0.25, -0.2) is 13.9 Å². The third-order valence-corrected chi connectivity index (χ3v) is 6.23. The Labute approximate surface area is 206 Å². The number of anilines is 2. The average Bonchev–Trinajstić information content (AvgIpc) is 3.48. The number of ether oxygens (including phenoxy) is 1. The molecule has 1 aromatic carbocycles. The van der Waals surface area contributed by atoms with Gasteiger partial charge in [0.1, 0.15) is 11.3 Å². The Morgan fingerprint density at radius 1 is 1.11 bits per heavy atom. The van der Waals surface area contributed by atoms with E-state index < -0.39 is 23.1 Å². The summed E-state index contributed by atoms with van der Waals surface area (Å²) in [6.07, 6.45) is 5.38. The molecular formula is C25H28F3N7O. The molecule has 0 amide bonds. The number of H-pyrrole nitrogens is 1. The molecular weight excluding hydrogens is 471 g/mol. The number of aromatic nitrogens is 5. The quantitative estimate of drug-likeness (QED) is 0.323. The first kappa shape index (κ1) is 24.3. The molecule has 1 fully saturated rings. The van der Waals surface area contributed by atoms with Crippen molar-refractivity contribution >= 4 is 17.2 Å². The lowest BCUT2D eigenvalue weighted by atomic mass is 10.1. The van der Waals surface area contributed by atoms with Crippen LogP contribution in [-0.2, 0) is 17.3 Å². The first-order valence-corrected chi connectivity index (χ1v) is 12.0. The summed E-state index contributed by atoms with van der Waals surface area (Å²) in [5, 5.41) is 14.0. The lowest BCUT2D eigenvalue weighted by molar-refractivity contribution is 0.0315. The van der Waals surface area contributed by atoms with Crippen LogP contribution in [0.5, 0.6) is 0 Å². The van der Waals surface area contributed by atoms with Gasteiger partial charge in [0.15, 0.2) is 11.6 Å². The maximum Gasteiger partial charge on any atom is 0.333 e. The Balaban J connectivity index is 1.41. The maximum atomic E-state index is 15.4. The van der Waals surface area contributed by atoms with Crippen LogP contribution < -0.4 is 5.32 Å². The highest BCUT2D eigenvalue weighted by Gasteiger charge is 2.39. The third-order valence-electron chi connectivity index (χ3n) is 6.23. The van der Waals surface area contributed by atoms with Gasteiger partial charge in [-0.15, -0.1) is 5.10 Å². The second-order valence-electron chi connectivity index (χ2n) is 9.06. The van der Waals surface area contributed by atoms with E-state index in [4.69, 9.17) is 4.74 Å². The van der Waals surface area contributed by atoms with Crippen molar-refractivity contribution in [3.05, 3.63) is 71.1 Å². The van der Waals surface area contributed by atoms with Crippen molar-refractivity contribution in [3.8, 4) is 0 Å². The number of fused-ring (bicyclic) bond motifs is 1. The van der Waals surface area contributed by atoms with Crippen molar-refractivity contribution in [2.45, 2.75) is 38.7 Å². The van der Waals surface area contributed by atoms with Crippen molar-refractivity contribution < 1.29 is 17.9 Å². The van der Waals surface area contributed by atoms with Crippen molar-refractivity contribution in [2.75, 3.05) is 31.6 Å². The normalized spacial score (nSPS) is 15.0. The zero-order valence-corrected chi connectivity index (χ0v) is 20.0. The van der Waals surface area contributed by atoms with Crippen molar-refractivity contribution in [1.29, 1.82) is 0 Å². The molecule has 1 saturated heterocycles. The summed E-state index contributed by atoms with van der Waals surface area (Å²) in [6.45, 7) is 5.81. The number of likely N-dealkylation sites (tertiary alicyclic amines) is 1. The molecule has 4 aromatic rings. The Morgan fingerprint density at radius 3 is 2.61 bits per heavy atom. The van der Waals surface area contributed by atoms with Crippen molar-refractivity contribution in [2.24, 2.45) is 0 Å². The Kier molecular flexibility index (Phi) is 6.92. The summed E-state index contributed by atoms with van der Waals surface area (Å²) in [6, 6.07) is 7.59. The number of hydrogen-bond acceptors (Lipinski definition) is 6. The van der Waals surface area contributed by atoms with Crippen LogP contribution in [0, 0.1) is 12.7 Å². The number of alkyl halides is 2. The van der Waals surface area contributed by atoms with Crippen LogP contribution in [0.1, 0.15) is 41.9 Å². The van der Waals surface area contributed by atoms with E-state index in [9.17, 15) is 4.39 Å². The predicted molar refractivity (Wildman–Crippen MR) is 129 cm³/mol. The second kappa shape index (κ2) is 10.3. The predicted octanol–water partition coefficient (Wildman–Crippen LogP) is 4.79. The number of aromatic amines is 1. The molecule has 5 rings (SSSR count). The lowest BCUT2D eigenvalue weighted by Crippen LogP contribution is -2.32. The van der Waals surface area contributed by atoms with Gasteiger partial charge >= 0.3 is 5.92 Å². The monoisotopic (exact) mass is 499 g/mol. The molecule has 0 saturated carbocycles. The van der Waals surface area contributed by atoms with Crippen LogP contribution in [0.2, 0.25) is 0 Å². The van der Waals surface area contributed by atoms with Crippen LogP contribution >= 0.6 is 0 Å². The van der Waals surface area contributed by atoms with Gasteiger partial charge < -0.3 is 15.0 Å². The van der Waals surface area contributed by atoms with Gasteiger partial charge in [-0.05, 0) is 68.8 Å². The highest BCUT2D eigenvalue weighted by Crippen LogP contribution is 2.35. The van der Waals surface area contributed by atoms with Gasteiger partial charge in [-0.1, -0.05) is 6.42 Å². The minimum Gasteiger partial charge on any atom is -0.375 e. The zero-order valence-electron chi connectivity index (χ0n) is 20.0. The van der Waals surface area contributed by atoms with Crippen molar-refractivity contribution in [1.82, 2.24) is 29.7 Å². The van der Waals surface area contributed by atoms with E-state index in [1.807, 2.05) is 13.0 Å². The fourth-order valence-electron chi connectivity index (χ4n) is 4.32. The smallest absolute Gasteiger partial charge is 0.333 e. The zero-order chi connectivity index (χ0) is 25.1. The molecule has 0 atom stereocenters. The molecule has 190 valence electrons. The van der Waals surface area contributed by atoms with E-state index >= 15 is 8.78 Å². The molecule has 11 heteroatoms. The third kappa shape index (κ3) is 5.36.